The number of esters is 1. The number of hydrogen-bond donors (Lipinski definition) is 0. The van der Waals surface area contributed by atoms with Crippen molar-refractivity contribution in [1.29, 1.82) is 0 Å². The minimum absolute atomic E-state index is 0.00764. The van der Waals surface area contributed by atoms with E-state index in [2.05, 4.69) is 9.72 Å². The molecule has 1 rings (SSSR count). The van der Waals surface area contributed by atoms with Crippen LogP contribution in [0.25, 0.3) is 0 Å². The molecule has 70 valence electrons. The van der Waals surface area contributed by atoms with Crippen LogP contribution in [0.2, 0.25) is 0 Å². The van der Waals surface area contributed by atoms with E-state index in [9.17, 15) is 9.18 Å². The van der Waals surface area contributed by atoms with Crippen LogP contribution in [0.4, 0.5) is 4.39 Å². The van der Waals surface area contributed by atoms with Crippen molar-refractivity contribution in [3.05, 3.63) is 29.3 Å². The molecule has 0 saturated heterocycles. The number of pyridine rings is 1. The number of ether oxygens (including phenoxy) is 1. The van der Waals surface area contributed by atoms with E-state index in [-0.39, 0.29) is 6.42 Å². The van der Waals surface area contributed by atoms with Gasteiger partial charge in [0, 0.05) is 5.56 Å². The number of carbonyl (C=O) groups excluding carboxylic acids is 1. The molecule has 0 amide bonds. The summed E-state index contributed by atoms with van der Waals surface area (Å²) in [6.07, 6.45) is 0.00764. The zero-order valence-electron chi connectivity index (χ0n) is 7.50. The van der Waals surface area contributed by atoms with Crippen molar-refractivity contribution >= 4 is 5.97 Å². The van der Waals surface area contributed by atoms with Crippen molar-refractivity contribution < 1.29 is 13.9 Å². The molecule has 0 aliphatic heterocycles. The van der Waals surface area contributed by atoms with Gasteiger partial charge in [-0.1, -0.05) is 6.07 Å². The molecule has 0 N–H and O–H groups in total. The Kier molecular flexibility index (Phi) is 2.95. The maximum atomic E-state index is 12.9. The van der Waals surface area contributed by atoms with Crippen molar-refractivity contribution in [3.63, 3.8) is 0 Å². The quantitative estimate of drug-likeness (QED) is 0.511. The summed E-state index contributed by atoms with van der Waals surface area (Å²) in [6, 6.07) is 3.19. The van der Waals surface area contributed by atoms with Gasteiger partial charge in [-0.25, -0.2) is 4.98 Å². The normalized spacial score (nSPS) is 9.77. The summed E-state index contributed by atoms with van der Waals surface area (Å²) in [6.45, 7) is 1.62. The fourth-order valence-corrected chi connectivity index (χ4v) is 0.860. The average Bonchev–Trinajstić information content (AvgIpc) is 2.11. The lowest BCUT2D eigenvalue weighted by Gasteiger charge is -2.00. The first kappa shape index (κ1) is 9.64. The number of rotatable bonds is 2. The molecule has 0 fully saturated rings. The van der Waals surface area contributed by atoms with Crippen molar-refractivity contribution in [2.45, 2.75) is 13.3 Å². The minimum Gasteiger partial charge on any atom is -0.469 e. The van der Waals surface area contributed by atoms with Crippen LogP contribution >= 0.6 is 0 Å². The van der Waals surface area contributed by atoms with E-state index < -0.39 is 11.9 Å². The average molecular weight is 183 g/mol. The first-order valence-electron chi connectivity index (χ1n) is 3.82. The second-order valence-corrected chi connectivity index (χ2v) is 2.66. The Balaban J connectivity index is 2.79. The summed E-state index contributed by atoms with van der Waals surface area (Å²) < 4.78 is 17.3. The summed E-state index contributed by atoms with van der Waals surface area (Å²) in [5.41, 5.74) is 0.851. The van der Waals surface area contributed by atoms with Crippen LogP contribution in [-0.2, 0) is 16.0 Å². The molecule has 0 aliphatic carbocycles. The third kappa shape index (κ3) is 2.50. The fraction of sp³-hybridized carbons (Fsp3) is 0.333. The van der Waals surface area contributed by atoms with Gasteiger partial charge >= 0.3 is 5.97 Å². The monoisotopic (exact) mass is 183 g/mol. The first-order chi connectivity index (χ1) is 6.13. The largest absolute Gasteiger partial charge is 0.469 e. The van der Waals surface area contributed by atoms with Crippen LogP contribution in [0, 0.1) is 12.9 Å². The lowest BCUT2D eigenvalue weighted by atomic mass is 10.2. The van der Waals surface area contributed by atoms with E-state index in [4.69, 9.17) is 0 Å². The number of carbonyl (C=O) groups is 1. The second kappa shape index (κ2) is 3.98. The Hall–Kier alpha value is -1.45. The maximum Gasteiger partial charge on any atom is 0.311 e. The Morgan fingerprint density at radius 2 is 2.31 bits per heavy atom. The van der Waals surface area contributed by atoms with Gasteiger partial charge in [0.15, 0.2) is 0 Å². The standard InChI is InChI=1S/C9H10FNO2/c1-6-3-4-7(11-9(6)10)5-8(12)13-2/h3-4H,5H2,1-2H3. The summed E-state index contributed by atoms with van der Waals surface area (Å²) >= 11 is 0. The topological polar surface area (TPSA) is 39.2 Å². The Bertz CT molecular complexity index is 325. The number of methoxy groups -OCH3 is 1. The lowest BCUT2D eigenvalue weighted by molar-refractivity contribution is -0.139. The zero-order chi connectivity index (χ0) is 9.84. The highest BCUT2D eigenvalue weighted by Crippen LogP contribution is 2.05. The van der Waals surface area contributed by atoms with E-state index in [1.54, 1.807) is 19.1 Å². The molecule has 1 heterocycles. The summed E-state index contributed by atoms with van der Waals surface area (Å²) in [5.74, 6) is -0.961. The van der Waals surface area contributed by atoms with Gasteiger partial charge in [0.25, 0.3) is 0 Å². The van der Waals surface area contributed by atoms with Crippen molar-refractivity contribution in [1.82, 2.24) is 4.98 Å². The first-order valence-corrected chi connectivity index (χ1v) is 3.82. The Labute approximate surface area is 75.6 Å². The molecule has 0 aromatic carbocycles. The molecule has 13 heavy (non-hydrogen) atoms. The molecule has 0 spiro atoms. The minimum atomic E-state index is -0.540. The van der Waals surface area contributed by atoms with Gasteiger partial charge in [0.2, 0.25) is 5.95 Å². The van der Waals surface area contributed by atoms with E-state index in [0.29, 0.717) is 11.3 Å². The second-order valence-electron chi connectivity index (χ2n) is 2.66. The maximum absolute atomic E-state index is 12.9. The molecular weight excluding hydrogens is 173 g/mol. The molecule has 0 bridgehead atoms. The van der Waals surface area contributed by atoms with Gasteiger partial charge in [-0.3, -0.25) is 4.79 Å². The van der Waals surface area contributed by atoms with Gasteiger partial charge in [-0.2, -0.15) is 4.39 Å². The van der Waals surface area contributed by atoms with Crippen molar-refractivity contribution in [2.75, 3.05) is 7.11 Å². The van der Waals surface area contributed by atoms with Crippen LogP contribution < -0.4 is 0 Å². The van der Waals surface area contributed by atoms with E-state index in [0.717, 1.165) is 0 Å². The van der Waals surface area contributed by atoms with Gasteiger partial charge in [0.05, 0.1) is 19.2 Å². The molecular formula is C9H10FNO2. The van der Waals surface area contributed by atoms with Crippen molar-refractivity contribution in [3.8, 4) is 0 Å². The predicted octanol–water partition coefficient (Wildman–Crippen LogP) is 1.24. The molecule has 4 heteroatoms. The van der Waals surface area contributed by atoms with Crippen LogP contribution in [-0.4, -0.2) is 18.1 Å². The fourth-order valence-electron chi connectivity index (χ4n) is 0.860. The van der Waals surface area contributed by atoms with Gasteiger partial charge in [0.1, 0.15) is 0 Å². The molecule has 0 saturated carbocycles. The Morgan fingerprint density at radius 3 is 2.85 bits per heavy atom. The van der Waals surface area contributed by atoms with Crippen molar-refractivity contribution in [2.24, 2.45) is 0 Å². The molecule has 0 aliphatic rings. The highest BCUT2D eigenvalue weighted by Gasteiger charge is 2.06. The molecule has 1 aromatic rings. The lowest BCUT2D eigenvalue weighted by Crippen LogP contribution is -2.07. The van der Waals surface area contributed by atoms with Gasteiger partial charge in [-0.15, -0.1) is 0 Å². The highest BCUT2D eigenvalue weighted by molar-refractivity contribution is 5.71. The van der Waals surface area contributed by atoms with Crippen LogP contribution in [0.1, 0.15) is 11.3 Å². The van der Waals surface area contributed by atoms with E-state index in [1.807, 2.05) is 0 Å². The number of aryl methyl sites for hydroxylation is 1. The van der Waals surface area contributed by atoms with Gasteiger partial charge < -0.3 is 4.74 Å². The van der Waals surface area contributed by atoms with Gasteiger partial charge in [-0.05, 0) is 13.0 Å². The summed E-state index contributed by atoms with van der Waals surface area (Å²) in [5, 5.41) is 0. The summed E-state index contributed by atoms with van der Waals surface area (Å²) in [7, 11) is 1.28. The van der Waals surface area contributed by atoms with Crippen LogP contribution in [0.3, 0.4) is 0 Å². The van der Waals surface area contributed by atoms with Crippen LogP contribution in [0.5, 0.6) is 0 Å². The molecule has 1 aromatic heterocycles. The SMILES string of the molecule is COC(=O)Cc1ccc(C)c(F)n1. The third-order valence-corrected chi connectivity index (χ3v) is 1.65. The third-order valence-electron chi connectivity index (χ3n) is 1.65. The number of nitrogens with zero attached hydrogens (tertiary/aromatic N) is 1. The molecule has 3 nitrogen and oxygen atoms in total. The summed E-state index contributed by atoms with van der Waals surface area (Å²) in [4.78, 5) is 14.4. The van der Waals surface area contributed by atoms with E-state index >= 15 is 0 Å². The number of halogens is 1. The zero-order valence-corrected chi connectivity index (χ0v) is 7.50. The van der Waals surface area contributed by atoms with E-state index in [1.165, 1.54) is 7.11 Å². The molecule has 0 atom stereocenters. The predicted molar refractivity (Wildman–Crippen MR) is 44.7 cm³/mol. The molecule has 0 unspecified atom stereocenters. The highest BCUT2D eigenvalue weighted by atomic mass is 19.1. The smallest absolute Gasteiger partial charge is 0.311 e. The van der Waals surface area contributed by atoms with Crippen LogP contribution in [0.15, 0.2) is 12.1 Å². The number of hydrogen-bond acceptors (Lipinski definition) is 3. The number of aromatic nitrogens is 1. The molecule has 0 radical (unpaired) electrons. The Morgan fingerprint density at radius 1 is 1.62 bits per heavy atom.